The summed E-state index contributed by atoms with van der Waals surface area (Å²) in [7, 11) is 0. The van der Waals surface area contributed by atoms with Gasteiger partial charge in [0.25, 0.3) is 0 Å². The average molecular weight is 194 g/mol. The molecule has 1 aromatic rings. The number of nitrogens with two attached hydrogens (primary N) is 1. The van der Waals surface area contributed by atoms with Crippen molar-refractivity contribution in [2.24, 2.45) is 5.73 Å². The highest BCUT2D eigenvalue weighted by molar-refractivity contribution is 5.93. The first-order valence-electron chi connectivity index (χ1n) is 3.96. The first kappa shape index (κ1) is 10.0. The van der Waals surface area contributed by atoms with Crippen LogP contribution >= 0.6 is 0 Å². The van der Waals surface area contributed by atoms with E-state index >= 15 is 0 Å². The van der Waals surface area contributed by atoms with Crippen LogP contribution in [0.3, 0.4) is 0 Å². The molecule has 0 unspecified atom stereocenters. The summed E-state index contributed by atoms with van der Waals surface area (Å²) in [5.74, 6) is -0.399. The molecule has 0 aliphatic rings. The summed E-state index contributed by atoms with van der Waals surface area (Å²) < 4.78 is 4.95. The predicted octanol–water partition coefficient (Wildman–Crippen LogP) is -0.106. The number of carbonyl (C=O) groups excluding carboxylic acids is 2. The third-order valence-electron chi connectivity index (χ3n) is 1.38. The molecule has 0 fully saturated rings. The Balaban J connectivity index is 2.37. The van der Waals surface area contributed by atoms with E-state index in [1.807, 2.05) is 0 Å². The summed E-state index contributed by atoms with van der Waals surface area (Å²) in [5, 5.41) is 2.30. The Morgan fingerprint density at radius 1 is 1.57 bits per heavy atom. The number of amides is 2. The fraction of sp³-hybridized carbons (Fsp3) is 0.111. The number of rotatable bonds is 4. The number of furan rings is 1. The van der Waals surface area contributed by atoms with Crippen LogP contribution in [-0.2, 0) is 9.59 Å². The molecule has 0 aliphatic heterocycles. The van der Waals surface area contributed by atoms with Gasteiger partial charge in [-0.1, -0.05) is 0 Å². The third kappa shape index (κ3) is 3.57. The fourth-order valence-electron chi connectivity index (χ4n) is 0.777. The maximum atomic E-state index is 11.0. The monoisotopic (exact) mass is 194 g/mol. The first-order valence-corrected chi connectivity index (χ1v) is 3.96. The van der Waals surface area contributed by atoms with Gasteiger partial charge in [-0.25, -0.2) is 0 Å². The molecule has 0 radical (unpaired) electrons. The van der Waals surface area contributed by atoms with E-state index in [0.717, 1.165) is 0 Å². The highest BCUT2D eigenvalue weighted by atomic mass is 16.3. The van der Waals surface area contributed by atoms with Gasteiger partial charge in [0.2, 0.25) is 11.8 Å². The lowest BCUT2D eigenvalue weighted by atomic mass is 10.4. The van der Waals surface area contributed by atoms with E-state index < -0.39 is 5.91 Å². The van der Waals surface area contributed by atoms with Crippen molar-refractivity contribution < 1.29 is 14.0 Å². The number of hydrogen-bond donors (Lipinski definition) is 2. The molecule has 14 heavy (non-hydrogen) atoms. The standard InChI is InChI=1S/C9H10N2O3/c10-8(12)6-11-9(13)4-3-7-2-1-5-14-7/h1-5H,6H2,(H2,10,12)(H,11,13). The molecule has 0 saturated carbocycles. The fourth-order valence-corrected chi connectivity index (χ4v) is 0.777. The average Bonchev–Trinajstić information content (AvgIpc) is 2.63. The molecular weight excluding hydrogens is 184 g/mol. The van der Waals surface area contributed by atoms with Crippen LogP contribution < -0.4 is 11.1 Å². The summed E-state index contributed by atoms with van der Waals surface area (Å²) >= 11 is 0. The zero-order valence-corrected chi connectivity index (χ0v) is 7.40. The molecule has 0 aliphatic carbocycles. The molecule has 74 valence electrons. The number of hydrogen-bond acceptors (Lipinski definition) is 3. The molecule has 2 amide bonds. The second-order valence-electron chi connectivity index (χ2n) is 2.53. The Labute approximate surface area is 80.6 Å². The predicted molar refractivity (Wildman–Crippen MR) is 49.9 cm³/mol. The van der Waals surface area contributed by atoms with Crippen LogP contribution in [0, 0.1) is 0 Å². The van der Waals surface area contributed by atoms with Gasteiger partial charge in [0.05, 0.1) is 12.8 Å². The number of primary amides is 1. The molecule has 1 heterocycles. The maximum Gasteiger partial charge on any atom is 0.244 e. The summed E-state index contributed by atoms with van der Waals surface area (Å²) in [6.07, 6.45) is 4.26. The van der Waals surface area contributed by atoms with Crippen molar-refractivity contribution in [3.63, 3.8) is 0 Å². The maximum absolute atomic E-state index is 11.0. The molecule has 0 aromatic carbocycles. The molecule has 1 aromatic heterocycles. The van der Waals surface area contributed by atoms with Crippen LogP contribution in [0.2, 0.25) is 0 Å². The third-order valence-corrected chi connectivity index (χ3v) is 1.38. The summed E-state index contributed by atoms with van der Waals surface area (Å²) in [5.41, 5.74) is 4.84. The van der Waals surface area contributed by atoms with Gasteiger partial charge >= 0.3 is 0 Å². The second-order valence-corrected chi connectivity index (χ2v) is 2.53. The van der Waals surface area contributed by atoms with Crippen LogP contribution in [-0.4, -0.2) is 18.4 Å². The lowest BCUT2D eigenvalue weighted by molar-refractivity contribution is -0.122. The van der Waals surface area contributed by atoms with Gasteiger partial charge in [-0.2, -0.15) is 0 Å². The lowest BCUT2D eigenvalue weighted by Crippen LogP contribution is -2.32. The minimum atomic E-state index is -0.579. The van der Waals surface area contributed by atoms with Crippen LogP contribution in [0.4, 0.5) is 0 Å². The molecule has 5 nitrogen and oxygen atoms in total. The van der Waals surface area contributed by atoms with E-state index in [2.05, 4.69) is 5.32 Å². The Morgan fingerprint density at radius 2 is 2.36 bits per heavy atom. The summed E-state index contributed by atoms with van der Waals surface area (Å²) in [6.45, 7) is -0.165. The molecule has 3 N–H and O–H groups in total. The molecule has 1 rings (SSSR count). The zero-order chi connectivity index (χ0) is 10.4. The van der Waals surface area contributed by atoms with Gasteiger partial charge in [0.15, 0.2) is 0 Å². The first-order chi connectivity index (χ1) is 6.68. The number of nitrogens with one attached hydrogen (secondary N) is 1. The van der Waals surface area contributed by atoms with Gasteiger partial charge in [-0.3, -0.25) is 9.59 Å². The van der Waals surface area contributed by atoms with E-state index in [1.165, 1.54) is 18.4 Å². The van der Waals surface area contributed by atoms with E-state index in [1.54, 1.807) is 12.1 Å². The molecule has 0 atom stereocenters. The Kier molecular flexibility index (Phi) is 3.49. The lowest BCUT2D eigenvalue weighted by Gasteiger charge is -1.95. The van der Waals surface area contributed by atoms with Crippen molar-refractivity contribution in [2.45, 2.75) is 0 Å². The minimum absolute atomic E-state index is 0.165. The molecule has 0 bridgehead atoms. The highest BCUT2D eigenvalue weighted by Gasteiger charge is 1.97. The van der Waals surface area contributed by atoms with E-state index in [9.17, 15) is 9.59 Å². The van der Waals surface area contributed by atoms with Crippen molar-refractivity contribution in [2.75, 3.05) is 6.54 Å². The molecule has 0 saturated heterocycles. The minimum Gasteiger partial charge on any atom is -0.465 e. The number of carbonyl (C=O) groups is 2. The van der Waals surface area contributed by atoms with Gasteiger partial charge in [0, 0.05) is 6.08 Å². The molecular formula is C9H10N2O3. The highest BCUT2D eigenvalue weighted by Crippen LogP contribution is 2.01. The topological polar surface area (TPSA) is 85.3 Å². The second kappa shape index (κ2) is 4.86. The smallest absolute Gasteiger partial charge is 0.244 e. The SMILES string of the molecule is NC(=O)CNC(=O)C=Cc1ccco1. The molecule has 5 heteroatoms. The van der Waals surface area contributed by atoms with Crippen LogP contribution in [0.5, 0.6) is 0 Å². The van der Waals surface area contributed by atoms with E-state index in [-0.39, 0.29) is 12.5 Å². The van der Waals surface area contributed by atoms with Crippen LogP contribution in [0.1, 0.15) is 5.76 Å². The van der Waals surface area contributed by atoms with E-state index in [4.69, 9.17) is 10.2 Å². The van der Waals surface area contributed by atoms with Crippen molar-refractivity contribution >= 4 is 17.9 Å². The van der Waals surface area contributed by atoms with Crippen molar-refractivity contribution in [3.05, 3.63) is 30.2 Å². The summed E-state index contributed by atoms with van der Waals surface area (Å²) in [6, 6.07) is 3.42. The quantitative estimate of drug-likeness (QED) is 0.656. The Bertz CT molecular complexity index is 341. The van der Waals surface area contributed by atoms with Gasteiger partial charge in [-0.05, 0) is 18.2 Å². The van der Waals surface area contributed by atoms with Gasteiger partial charge in [0.1, 0.15) is 5.76 Å². The zero-order valence-electron chi connectivity index (χ0n) is 7.40. The Hall–Kier alpha value is -2.04. The largest absolute Gasteiger partial charge is 0.465 e. The van der Waals surface area contributed by atoms with Crippen LogP contribution in [0.25, 0.3) is 6.08 Å². The van der Waals surface area contributed by atoms with Crippen molar-refractivity contribution in [1.29, 1.82) is 0 Å². The van der Waals surface area contributed by atoms with E-state index in [0.29, 0.717) is 5.76 Å². The van der Waals surface area contributed by atoms with Gasteiger partial charge in [-0.15, -0.1) is 0 Å². The van der Waals surface area contributed by atoms with Crippen molar-refractivity contribution in [3.8, 4) is 0 Å². The van der Waals surface area contributed by atoms with Crippen LogP contribution in [0.15, 0.2) is 28.9 Å². The van der Waals surface area contributed by atoms with Gasteiger partial charge < -0.3 is 15.5 Å². The Morgan fingerprint density at radius 3 is 2.93 bits per heavy atom. The molecule has 0 spiro atoms. The summed E-state index contributed by atoms with van der Waals surface area (Å²) in [4.78, 5) is 21.3. The normalized spacial score (nSPS) is 10.3. The van der Waals surface area contributed by atoms with Crippen molar-refractivity contribution in [1.82, 2.24) is 5.32 Å².